The highest BCUT2D eigenvalue weighted by Gasteiger charge is 2.44. The maximum absolute atomic E-state index is 13.8. The molecule has 0 unspecified atom stereocenters. The highest BCUT2D eigenvalue weighted by Crippen LogP contribution is 2.37. The highest BCUT2D eigenvalue weighted by molar-refractivity contribution is 6.30. The monoisotopic (exact) mass is 480 g/mol. The predicted molar refractivity (Wildman–Crippen MR) is 130 cm³/mol. The summed E-state index contributed by atoms with van der Waals surface area (Å²) >= 11 is 6.11. The van der Waals surface area contributed by atoms with E-state index >= 15 is 0 Å². The van der Waals surface area contributed by atoms with Gasteiger partial charge in [-0.15, -0.1) is 0 Å². The number of halogens is 1. The molecule has 2 saturated heterocycles. The van der Waals surface area contributed by atoms with E-state index in [0.29, 0.717) is 62.4 Å². The van der Waals surface area contributed by atoms with E-state index in [4.69, 9.17) is 20.9 Å². The van der Waals surface area contributed by atoms with Crippen molar-refractivity contribution >= 4 is 17.5 Å². The minimum absolute atomic E-state index is 0.192. The molecular formula is C26H29ClN4O3. The van der Waals surface area contributed by atoms with E-state index in [9.17, 15) is 4.79 Å². The molecule has 5 rings (SSSR count). The number of aromatic nitrogens is 2. The lowest BCUT2D eigenvalue weighted by Crippen LogP contribution is -2.55. The quantitative estimate of drug-likeness (QED) is 0.547. The van der Waals surface area contributed by atoms with Crippen LogP contribution in [0.2, 0.25) is 5.02 Å². The Morgan fingerprint density at radius 1 is 1.00 bits per heavy atom. The number of carbonyl (C=O) groups excluding carboxylic acids is 1. The summed E-state index contributed by atoms with van der Waals surface area (Å²) in [7, 11) is 0. The fourth-order valence-electron chi connectivity index (χ4n) is 4.86. The predicted octanol–water partition coefficient (Wildman–Crippen LogP) is 4.09. The van der Waals surface area contributed by atoms with Crippen LogP contribution in [0.5, 0.6) is 0 Å². The summed E-state index contributed by atoms with van der Waals surface area (Å²) in [5.74, 6) is 1.39. The fraction of sp³-hybridized carbons (Fsp3) is 0.423. The molecule has 0 radical (unpaired) electrons. The first-order valence-corrected chi connectivity index (χ1v) is 12.2. The minimum atomic E-state index is -0.541. The minimum Gasteiger partial charge on any atom is -0.381 e. The van der Waals surface area contributed by atoms with E-state index in [-0.39, 0.29) is 5.91 Å². The average molecular weight is 481 g/mol. The van der Waals surface area contributed by atoms with Gasteiger partial charge in [0.05, 0.1) is 12.0 Å². The third kappa shape index (κ3) is 4.73. The number of aryl methyl sites for hydroxylation is 1. The van der Waals surface area contributed by atoms with Gasteiger partial charge in [0, 0.05) is 50.0 Å². The van der Waals surface area contributed by atoms with E-state index in [1.54, 1.807) is 0 Å². The Labute approximate surface area is 204 Å². The Morgan fingerprint density at radius 2 is 1.68 bits per heavy atom. The number of piperazine rings is 1. The number of ether oxygens (including phenoxy) is 1. The van der Waals surface area contributed by atoms with Crippen molar-refractivity contribution in [2.24, 2.45) is 0 Å². The first-order valence-electron chi connectivity index (χ1n) is 11.8. The van der Waals surface area contributed by atoms with Gasteiger partial charge in [-0.05, 0) is 37.5 Å². The number of nitrogens with zero attached hydrogens (tertiary/aromatic N) is 4. The molecule has 0 saturated carbocycles. The molecule has 178 valence electrons. The van der Waals surface area contributed by atoms with Gasteiger partial charge in [0.2, 0.25) is 17.6 Å². The van der Waals surface area contributed by atoms with Crippen LogP contribution in [0.4, 0.5) is 0 Å². The Hall–Kier alpha value is -2.74. The van der Waals surface area contributed by atoms with Crippen molar-refractivity contribution in [1.29, 1.82) is 0 Å². The number of carbonyl (C=O) groups is 1. The highest BCUT2D eigenvalue weighted by atomic mass is 35.5. The lowest BCUT2D eigenvalue weighted by atomic mass is 9.73. The van der Waals surface area contributed by atoms with Crippen LogP contribution in [0.25, 0.3) is 11.4 Å². The van der Waals surface area contributed by atoms with Crippen molar-refractivity contribution in [3.8, 4) is 11.4 Å². The van der Waals surface area contributed by atoms with Gasteiger partial charge in [-0.2, -0.15) is 4.98 Å². The lowest BCUT2D eigenvalue weighted by Gasteiger charge is -2.43. The molecule has 1 aromatic heterocycles. The molecule has 2 aliphatic heterocycles. The zero-order valence-electron chi connectivity index (χ0n) is 19.4. The van der Waals surface area contributed by atoms with E-state index in [0.717, 1.165) is 24.2 Å². The molecule has 8 heteroatoms. The van der Waals surface area contributed by atoms with Crippen LogP contribution >= 0.6 is 11.6 Å². The SMILES string of the molecule is Cc1ccc(-c2noc(CN3CCN(C(=O)C4(c5ccc(Cl)cc5)CCOCC4)CC3)n2)cc1. The van der Waals surface area contributed by atoms with Crippen molar-refractivity contribution < 1.29 is 14.1 Å². The normalized spacial score (nSPS) is 18.7. The molecule has 1 amide bonds. The van der Waals surface area contributed by atoms with Gasteiger partial charge in [-0.25, -0.2) is 0 Å². The third-order valence-corrected chi connectivity index (χ3v) is 7.20. The van der Waals surface area contributed by atoms with Crippen LogP contribution < -0.4 is 0 Å². The van der Waals surface area contributed by atoms with Gasteiger partial charge in [0.15, 0.2) is 0 Å². The number of amides is 1. The van der Waals surface area contributed by atoms with Crippen molar-refractivity contribution in [2.45, 2.75) is 31.7 Å². The molecule has 3 aromatic rings. The van der Waals surface area contributed by atoms with Crippen molar-refractivity contribution in [1.82, 2.24) is 19.9 Å². The summed E-state index contributed by atoms with van der Waals surface area (Å²) in [6.07, 6.45) is 1.38. The molecule has 0 aliphatic carbocycles. The number of rotatable bonds is 5. The van der Waals surface area contributed by atoms with E-state index in [1.165, 1.54) is 5.56 Å². The van der Waals surface area contributed by atoms with Gasteiger partial charge >= 0.3 is 0 Å². The van der Waals surface area contributed by atoms with Crippen molar-refractivity contribution in [2.75, 3.05) is 39.4 Å². The fourth-order valence-corrected chi connectivity index (χ4v) is 4.98. The van der Waals surface area contributed by atoms with Gasteiger partial charge < -0.3 is 14.2 Å². The molecule has 34 heavy (non-hydrogen) atoms. The lowest BCUT2D eigenvalue weighted by molar-refractivity contribution is -0.143. The van der Waals surface area contributed by atoms with Crippen LogP contribution in [-0.4, -0.2) is 65.2 Å². The Balaban J connectivity index is 1.22. The first kappa shape index (κ1) is 23.0. The summed E-state index contributed by atoms with van der Waals surface area (Å²) in [5.41, 5.74) is 2.63. The third-order valence-electron chi connectivity index (χ3n) is 6.95. The van der Waals surface area contributed by atoms with E-state index < -0.39 is 5.41 Å². The second-order valence-corrected chi connectivity index (χ2v) is 9.58. The molecule has 2 aliphatic rings. The van der Waals surface area contributed by atoms with Gasteiger partial charge in [0.1, 0.15) is 0 Å². The Kier molecular flexibility index (Phi) is 6.68. The maximum Gasteiger partial charge on any atom is 0.241 e. The Bertz CT molecular complexity index is 1120. The molecular weight excluding hydrogens is 452 g/mol. The molecule has 0 N–H and O–H groups in total. The molecule has 0 bridgehead atoms. The van der Waals surface area contributed by atoms with E-state index in [2.05, 4.69) is 22.0 Å². The van der Waals surface area contributed by atoms with Crippen LogP contribution in [0.1, 0.15) is 29.9 Å². The number of benzene rings is 2. The Morgan fingerprint density at radius 3 is 2.35 bits per heavy atom. The van der Waals surface area contributed by atoms with Crippen LogP contribution in [-0.2, 0) is 21.5 Å². The summed E-state index contributed by atoms with van der Waals surface area (Å²) in [6.45, 7) is 6.69. The summed E-state index contributed by atoms with van der Waals surface area (Å²) in [4.78, 5) is 22.6. The maximum atomic E-state index is 13.8. The molecule has 3 heterocycles. The first-order chi connectivity index (χ1) is 16.5. The largest absolute Gasteiger partial charge is 0.381 e. The van der Waals surface area contributed by atoms with Crippen molar-refractivity contribution in [3.63, 3.8) is 0 Å². The zero-order valence-corrected chi connectivity index (χ0v) is 20.1. The molecule has 2 aromatic carbocycles. The van der Waals surface area contributed by atoms with Gasteiger partial charge in [-0.3, -0.25) is 9.69 Å². The molecule has 0 atom stereocenters. The van der Waals surface area contributed by atoms with E-state index in [1.807, 2.05) is 53.4 Å². The number of hydrogen-bond acceptors (Lipinski definition) is 6. The standard InChI is InChI=1S/C26H29ClN4O3/c1-19-2-4-20(5-3-19)24-28-23(34-29-24)18-30-12-14-31(15-13-30)25(32)26(10-16-33-17-11-26)21-6-8-22(27)9-7-21/h2-9H,10-18H2,1H3. The topological polar surface area (TPSA) is 71.7 Å². The average Bonchev–Trinajstić information content (AvgIpc) is 3.34. The van der Waals surface area contributed by atoms with Crippen LogP contribution in [0.15, 0.2) is 53.1 Å². The van der Waals surface area contributed by atoms with Crippen molar-refractivity contribution in [3.05, 3.63) is 70.6 Å². The molecule has 7 nitrogen and oxygen atoms in total. The summed E-state index contributed by atoms with van der Waals surface area (Å²) < 4.78 is 11.1. The second-order valence-electron chi connectivity index (χ2n) is 9.15. The van der Waals surface area contributed by atoms with Crippen LogP contribution in [0.3, 0.4) is 0 Å². The molecule has 0 spiro atoms. The summed E-state index contributed by atoms with van der Waals surface area (Å²) in [5, 5.41) is 4.82. The van der Waals surface area contributed by atoms with Gasteiger partial charge in [0.25, 0.3) is 0 Å². The second kappa shape index (κ2) is 9.86. The number of hydrogen-bond donors (Lipinski definition) is 0. The summed E-state index contributed by atoms with van der Waals surface area (Å²) in [6, 6.07) is 15.8. The molecule has 2 fully saturated rings. The zero-order chi connectivity index (χ0) is 23.5. The van der Waals surface area contributed by atoms with Gasteiger partial charge in [-0.1, -0.05) is 58.7 Å². The smallest absolute Gasteiger partial charge is 0.241 e. The van der Waals surface area contributed by atoms with Crippen LogP contribution in [0, 0.1) is 6.92 Å².